The maximum absolute atomic E-state index is 12.1. The first kappa shape index (κ1) is 18.2. The first-order valence-electron chi connectivity index (χ1n) is 7.77. The summed E-state index contributed by atoms with van der Waals surface area (Å²) in [6.45, 7) is 8.89. The Morgan fingerprint density at radius 1 is 1.27 bits per heavy atom. The van der Waals surface area contributed by atoms with Crippen molar-refractivity contribution in [2.45, 2.75) is 47.1 Å². The Hall–Kier alpha value is -1.85. The van der Waals surface area contributed by atoms with E-state index in [2.05, 4.69) is 18.8 Å². The molecule has 0 saturated heterocycles. The molecule has 0 amide bonds. The van der Waals surface area contributed by atoms with E-state index >= 15 is 0 Å². The van der Waals surface area contributed by atoms with Crippen molar-refractivity contribution in [3.63, 3.8) is 0 Å². The van der Waals surface area contributed by atoms with Crippen LogP contribution in [0.25, 0.3) is 0 Å². The lowest BCUT2D eigenvalue weighted by Gasteiger charge is -2.21. The van der Waals surface area contributed by atoms with Gasteiger partial charge in [0, 0.05) is 18.8 Å². The Morgan fingerprint density at radius 3 is 2.50 bits per heavy atom. The van der Waals surface area contributed by atoms with Crippen LogP contribution in [0, 0.1) is 17.8 Å². The zero-order valence-electron chi connectivity index (χ0n) is 13.8. The van der Waals surface area contributed by atoms with Crippen molar-refractivity contribution in [1.82, 2.24) is 9.55 Å². The van der Waals surface area contributed by atoms with Crippen molar-refractivity contribution in [3.05, 3.63) is 33.1 Å². The molecular weight excluding hydrogens is 284 g/mol. The topological polar surface area (TPSA) is 81.2 Å². The van der Waals surface area contributed by atoms with Gasteiger partial charge in [-0.2, -0.15) is 0 Å². The minimum Gasteiger partial charge on any atom is -0.465 e. The first-order chi connectivity index (χ1) is 10.3. The normalized spacial score (nSPS) is 12.6. The number of aromatic amines is 1. The number of aromatic nitrogens is 2. The molecule has 6 heteroatoms. The number of hydrogen-bond donors (Lipinski definition) is 1. The Kier molecular flexibility index (Phi) is 7.08. The number of nitrogens with one attached hydrogen (secondary N) is 1. The SMILES string of the molecule is CC(C)CC(C(=O)OCCCn1ccc(=O)[nH]c1=O)C(C)C. The molecule has 0 aromatic carbocycles. The molecule has 1 rings (SSSR count). The van der Waals surface area contributed by atoms with Gasteiger partial charge in [0.15, 0.2) is 0 Å². The second kappa shape index (κ2) is 8.56. The summed E-state index contributed by atoms with van der Waals surface area (Å²) in [6, 6.07) is 1.30. The molecule has 1 atom stereocenters. The van der Waals surface area contributed by atoms with Gasteiger partial charge < -0.3 is 9.30 Å². The minimum absolute atomic E-state index is 0.0872. The lowest BCUT2D eigenvalue weighted by atomic mass is 9.88. The molecule has 0 fully saturated rings. The van der Waals surface area contributed by atoms with Crippen LogP contribution in [0.2, 0.25) is 0 Å². The predicted octanol–water partition coefficient (Wildman–Crippen LogP) is 1.79. The highest BCUT2D eigenvalue weighted by atomic mass is 16.5. The third kappa shape index (κ3) is 5.87. The van der Waals surface area contributed by atoms with Crippen LogP contribution in [0.3, 0.4) is 0 Å². The van der Waals surface area contributed by atoms with Gasteiger partial charge in [-0.25, -0.2) is 4.79 Å². The number of hydrogen-bond acceptors (Lipinski definition) is 4. The van der Waals surface area contributed by atoms with Crippen LogP contribution >= 0.6 is 0 Å². The summed E-state index contributed by atoms with van der Waals surface area (Å²) in [4.78, 5) is 36.7. The lowest BCUT2D eigenvalue weighted by molar-refractivity contribution is -0.151. The molecule has 0 aliphatic heterocycles. The van der Waals surface area contributed by atoms with Gasteiger partial charge in [-0.15, -0.1) is 0 Å². The maximum atomic E-state index is 12.1. The average Bonchev–Trinajstić information content (AvgIpc) is 2.42. The number of ether oxygens (including phenoxy) is 1. The quantitative estimate of drug-likeness (QED) is 0.586. The number of carbonyl (C=O) groups excluding carboxylic acids is 1. The second-order valence-electron chi connectivity index (χ2n) is 6.30. The average molecular weight is 310 g/mol. The molecule has 124 valence electrons. The summed E-state index contributed by atoms with van der Waals surface area (Å²) in [6.07, 6.45) is 2.79. The minimum atomic E-state index is -0.446. The highest BCUT2D eigenvalue weighted by Gasteiger charge is 2.24. The molecule has 0 radical (unpaired) electrons. The van der Waals surface area contributed by atoms with Gasteiger partial charge in [0.25, 0.3) is 5.56 Å². The molecule has 1 heterocycles. The zero-order valence-corrected chi connectivity index (χ0v) is 13.8. The van der Waals surface area contributed by atoms with Gasteiger partial charge >= 0.3 is 11.7 Å². The molecule has 0 aliphatic rings. The largest absolute Gasteiger partial charge is 0.465 e. The molecule has 1 aromatic heterocycles. The summed E-state index contributed by atoms with van der Waals surface area (Å²) in [5.74, 6) is 0.435. The number of rotatable bonds is 8. The molecule has 1 unspecified atom stereocenters. The summed E-state index contributed by atoms with van der Waals surface area (Å²) in [5, 5.41) is 0. The van der Waals surface area contributed by atoms with Crippen LogP contribution in [0.4, 0.5) is 0 Å². The molecule has 0 spiro atoms. The Bertz CT molecular complexity index is 586. The fourth-order valence-corrected chi connectivity index (χ4v) is 2.28. The number of H-pyrrole nitrogens is 1. The van der Waals surface area contributed by atoms with Gasteiger partial charge in [0.1, 0.15) is 0 Å². The van der Waals surface area contributed by atoms with Crippen LogP contribution in [0.15, 0.2) is 21.9 Å². The zero-order chi connectivity index (χ0) is 16.7. The van der Waals surface area contributed by atoms with Crippen LogP contribution in [-0.2, 0) is 16.1 Å². The molecule has 22 heavy (non-hydrogen) atoms. The number of nitrogens with zero attached hydrogens (tertiary/aromatic N) is 1. The summed E-state index contributed by atoms with van der Waals surface area (Å²) in [5.41, 5.74) is -0.861. The highest BCUT2D eigenvalue weighted by Crippen LogP contribution is 2.21. The van der Waals surface area contributed by atoms with E-state index < -0.39 is 11.2 Å². The first-order valence-corrected chi connectivity index (χ1v) is 7.77. The lowest BCUT2D eigenvalue weighted by Crippen LogP contribution is -2.29. The van der Waals surface area contributed by atoms with E-state index in [0.717, 1.165) is 6.42 Å². The van der Waals surface area contributed by atoms with Crippen LogP contribution in [0.5, 0.6) is 0 Å². The molecule has 0 saturated carbocycles. The van der Waals surface area contributed by atoms with Crippen molar-refractivity contribution < 1.29 is 9.53 Å². The van der Waals surface area contributed by atoms with Crippen molar-refractivity contribution in [3.8, 4) is 0 Å². The van der Waals surface area contributed by atoms with E-state index in [4.69, 9.17) is 4.74 Å². The van der Waals surface area contributed by atoms with Gasteiger partial charge in [0.2, 0.25) is 0 Å². The summed E-state index contributed by atoms with van der Waals surface area (Å²) >= 11 is 0. The van der Waals surface area contributed by atoms with Crippen molar-refractivity contribution in [2.75, 3.05) is 6.61 Å². The van der Waals surface area contributed by atoms with E-state index in [1.807, 2.05) is 13.8 Å². The van der Waals surface area contributed by atoms with Gasteiger partial charge in [-0.3, -0.25) is 14.6 Å². The van der Waals surface area contributed by atoms with Gasteiger partial charge in [0.05, 0.1) is 12.5 Å². The van der Waals surface area contributed by atoms with Crippen LogP contribution < -0.4 is 11.2 Å². The number of carbonyl (C=O) groups is 1. The third-order valence-electron chi connectivity index (χ3n) is 3.52. The predicted molar refractivity (Wildman–Crippen MR) is 84.7 cm³/mol. The van der Waals surface area contributed by atoms with Gasteiger partial charge in [-0.05, 0) is 24.7 Å². The fraction of sp³-hybridized carbons (Fsp3) is 0.688. The molecule has 6 nitrogen and oxygen atoms in total. The Balaban J connectivity index is 2.44. The van der Waals surface area contributed by atoms with E-state index in [1.165, 1.54) is 16.8 Å². The van der Waals surface area contributed by atoms with E-state index in [0.29, 0.717) is 18.9 Å². The smallest absolute Gasteiger partial charge is 0.328 e. The highest BCUT2D eigenvalue weighted by molar-refractivity contribution is 5.72. The molecular formula is C16H26N2O4. The van der Waals surface area contributed by atoms with Gasteiger partial charge in [-0.1, -0.05) is 27.7 Å². The summed E-state index contributed by atoms with van der Waals surface area (Å²) < 4.78 is 6.72. The molecule has 1 N–H and O–H groups in total. The molecule has 1 aromatic rings. The van der Waals surface area contributed by atoms with Crippen LogP contribution in [-0.4, -0.2) is 22.1 Å². The summed E-state index contributed by atoms with van der Waals surface area (Å²) in [7, 11) is 0. The van der Waals surface area contributed by atoms with Crippen molar-refractivity contribution in [1.29, 1.82) is 0 Å². The van der Waals surface area contributed by atoms with E-state index in [-0.39, 0.29) is 24.4 Å². The standard InChI is InChI=1S/C16H26N2O4/c1-11(2)10-13(12(3)4)15(20)22-9-5-7-18-8-6-14(19)17-16(18)21/h6,8,11-13H,5,7,9-10H2,1-4H3,(H,17,19,21). The Morgan fingerprint density at radius 2 is 1.95 bits per heavy atom. The second-order valence-corrected chi connectivity index (χ2v) is 6.30. The van der Waals surface area contributed by atoms with Crippen molar-refractivity contribution in [2.24, 2.45) is 17.8 Å². The Labute approximate surface area is 130 Å². The molecule has 0 aliphatic carbocycles. The number of aryl methyl sites for hydroxylation is 1. The van der Waals surface area contributed by atoms with Crippen LogP contribution in [0.1, 0.15) is 40.5 Å². The fourth-order valence-electron chi connectivity index (χ4n) is 2.28. The monoisotopic (exact) mass is 310 g/mol. The number of esters is 1. The molecule has 0 bridgehead atoms. The maximum Gasteiger partial charge on any atom is 0.328 e. The van der Waals surface area contributed by atoms with Crippen molar-refractivity contribution >= 4 is 5.97 Å². The third-order valence-corrected chi connectivity index (χ3v) is 3.52. The van der Waals surface area contributed by atoms with E-state index in [9.17, 15) is 14.4 Å². The van der Waals surface area contributed by atoms with E-state index in [1.54, 1.807) is 0 Å².